The van der Waals surface area contributed by atoms with Crippen LogP contribution in [0.2, 0.25) is 0 Å². The molecule has 0 bridgehead atoms. The van der Waals surface area contributed by atoms with Crippen molar-refractivity contribution in [2.45, 2.75) is 46.3 Å². The molecule has 1 fully saturated rings. The van der Waals surface area contributed by atoms with Gasteiger partial charge in [-0.2, -0.15) is 5.10 Å². The van der Waals surface area contributed by atoms with Gasteiger partial charge in [-0.05, 0) is 72.5 Å². The lowest BCUT2D eigenvalue weighted by molar-refractivity contribution is -0.139. The fourth-order valence-electron chi connectivity index (χ4n) is 4.08. The zero-order valence-electron chi connectivity index (χ0n) is 19.6. The fraction of sp³-hybridized carbons (Fsp3) is 0.458. The number of ketones is 1. The Bertz CT molecular complexity index is 1020. The number of aliphatic hydroxyl groups excluding tert-OH is 1. The normalized spacial score (nSPS) is 18.2. The molecule has 1 atom stereocenters. The molecule has 0 unspecified atom stereocenters. The summed E-state index contributed by atoms with van der Waals surface area (Å²) >= 11 is 0. The Morgan fingerprint density at radius 2 is 2.00 bits per heavy atom. The third-order valence-electron chi connectivity index (χ3n) is 5.45. The number of aryl methyl sites for hydroxylation is 2. The second-order valence-electron chi connectivity index (χ2n) is 8.70. The molecule has 1 aliphatic heterocycles. The fourth-order valence-corrected chi connectivity index (χ4v) is 4.08. The molecule has 3 rings (SSSR count). The molecule has 1 aromatic carbocycles. The number of amides is 1. The standard InChI is InChI=1S/C24H32N4O4/c1-14(2)32-18-10-7-9-17(13-18)21-20(22(29)19-15(3)25-26-16(19)4)23(30)24(31)28(21)12-8-11-27(5)6/h7,9-10,13-14,21,29H,8,11-12H2,1-6H3,(H,25,26)/t21-/m1/s1. The molecule has 172 valence electrons. The predicted molar refractivity (Wildman–Crippen MR) is 122 cm³/mol. The van der Waals surface area contributed by atoms with Crippen LogP contribution in [0.5, 0.6) is 5.75 Å². The molecule has 8 heteroatoms. The molecule has 2 aromatic rings. The number of H-pyrrole nitrogens is 1. The number of likely N-dealkylation sites (tertiary alicyclic amines) is 1. The molecule has 0 radical (unpaired) electrons. The number of hydrogen-bond donors (Lipinski definition) is 2. The van der Waals surface area contributed by atoms with Crippen LogP contribution in [-0.4, -0.2) is 70.1 Å². The first kappa shape index (κ1) is 23.5. The molecule has 0 saturated carbocycles. The van der Waals surface area contributed by atoms with Gasteiger partial charge in [0, 0.05) is 12.2 Å². The molecule has 2 N–H and O–H groups in total. The van der Waals surface area contributed by atoms with E-state index in [1.807, 2.05) is 57.1 Å². The average molecular weight is 441 g/mol. The lowest BCUT2D eigenvalue weighted by atomic mass is 9.94. The number of ether oxygens (including phenoxy) is 1. The first-order valence-electron chi connectivity index (χ1n) is 10.8. The minimum absolute atomic E-state index is 0.0204. The van der Waals surface area contributed by atoms with E-state index < -0.39 is 17.7 Å². The average Bonchev–Trinajstić information content (AvgIpc) is 3.18. The maximum absolute atomic E-state index is 13.1. The van der Waals surface area contributed by atoms with Gasteiger partial charge in [0.05, 0.1) is 29.0 Å². The van der Waals surface area contributed by atoms with E-state index >= 15 is 0 Å². The van der Waals surface area contributed by atoms with Gasteiger partial charge in [0.15, 0.2) is 0 Å². The van der Waals surface area contributed by atoms with Crippen molar-refractivity contribution >= 4 is 17.4 Å². The summed E-state index contributed by atoms with van der Waals surface area (Å²) < 4.78 is 5.83. The number of aromatic amines is 1. The Morgan fingerprint density at radius 1 is 1.28 bits per heavy atom. The van der Waals surface area contributed by atoms with Crippen molar-refractivity contribution in [3.8, 4) is 5.75 Å². The molecule has 1 aromatic heterocycles. The highest BCUT2D eigenvalue weighted by atomic mass is 16.5. The van der Waals surface area contributed by atoms with E-state index in [1.54, 1.807) is 18.7 Å². The summed E-state index contributed by atoms with van der Waals surface area (Å²) in [6, 6.07) is 6.65. The number of aromatic nitrogens is 2. The van der Waals surface area contributed by atoms with Crippen molar-refractivity contribution in [2.24, 2.45) is 0 Å². The van der Waals surface area contributed by atoms with Crippen LogP contribution in [0.4, 0.5) is 0 Å². The molecule has 32 heavy (non-hydrogen) atoms. The van der Waals surface area contributed by atoms with Crippen molar-refractivity contribution in [1.82, 2.24) is 20.0 Å². The topological polar surface area (TPSA) is 98.8 Å². The lowest BCUT2D eigenvalue weighted by Gasteiger charge is -2.26. The second-order valence-corrected chi connectivity index (χ2v) is 8.70. The van der Waals surface area contributed by atoms with E-state index in [-0.39, 0.29) is 17.4 Å². The number of hydrogen-bond acceptors (Lipinski definition) is 6. The monoisotopic (exact) mass is 440 g/mol. The Labute approximate surface area is 188 Å². The maximum Gasteiger partial charge on any atom is 0.295 e. The maximum atomic E-state index is 13.1. The molecular weight excluding hydrogens is 408 g/mol. The quantitative estimate of drug-likeness (QED) is 0.372. The summed E-state index contributed by atoms with van der Waals surface area (Å²) in [4.78, 5) is 29.8. The van der Waals surface area contributed by atoms with E-state index in [0.29, 0.717) is 41.2 Å². The lowest BCUT2D eigenvalue weighted by Crippen LogP contribution is -2.32. The zero-order valence-corrected chi connectivity index (χ0v) is 19.6. The van der Waals surface area contributed by atoms with E-state index in [1.165, 1.54) is 0 Å². The highest BCUT2D eigenvalue weighted by molar-refractivity contribution is 6.46. The summed E-state index contributed by atoms with van der Waals surface area (Å²) in [5.74, 6) is -0.855. The van der Waals surface area contributed by atoms with Crippen molar-refractivity contribution in [3.05, 3.63) is 52.4 Å². The third kappa shape index (κ3) is 4.70. The highest BCUT2D eigenvalue weighted by Crippen LogP contribution is 2.41. The number of nitrogens with zero attached hydrogens (tertiary/aromatic N) is 3. The van der Waals surface area contributed by atoms with Crippen LogP contribution in [0.25, 0.3) is 5.76 Å². The summed E-state index contributed by atoms with van der Waals surface area (Å²) in [6.07, 6.45) is 0.677. The first-order chi connectivity index (χ1) is 15.1. The molecule has 8 nitrogen and oxygen atoms in total. The Hall–Kier alpha value is -3.13. The van der Waals surface area contributed by atoms with Crippen molar-refractivity contribution in [3.63, 3.8) is 0 Å². The summed E-state index contributed by atoms with van der Waals surface area (Å²) in [6.45, 7) is 8.55. The Balaban J connectivity index is 2.13. The minimum atomic E-state index is -0.707. The van der Waals surface area contributed by atoms with Gasteiger partial charge in [-0.3, -0.25) is 14.7 Å². The molecule has 2 heterocycles. The van der Waals surface area contributed by atoms with Gasteiger partial charge >= 0.3 is 0 Å². The molecule has 0 aliphatic carbocycles. The SMILES string of the molecule is Cc1n[nH]c(C)c1C(O)=C1C(=O)C(=O)N(CCCN(C)C)[C@@H]1c1cccc(OC(C)C)c1. The van der Waals surface area contributed by atoms with Gasteiger partial charge in [-0.1, -0.05) is 12.1 Å². The highest BCUT2D eigenvalue weighted by Gasteiger charge is 2.46. The molecule has 1 amide bonds. The number of nitrogens with one attached hydrogen (secondary N) is 1. The van der Waals surface area contributed by atoms with Crippen molar-refractivity contribution in [1.29, 1.82) is 0 Å². The van der Waals surface area contributed by atoms with Crippen LogP contribution in [0.1, 0.15) is 48.8 Å². The summed E-state index contributed by atoms with van der Waals surface area (Å²) in [5.41, 5.74) is 2.45. The van der Waals surface area contributed by atoms with Gasteiger partial charge in [-0.25, -0.2) is 0 Å². The number of carbonyl (C=O) groups excluding carboxylic acids is 2. The van der Waals surface area contributed by atoms with Gasteiger partial charge in [0.1, 0.15) is 11.5 Å². The van der Waals surface area contributed by atoms with Crippen LogP contribution in [-0.2, 0) is 9.59 Å². The van der Waals surface area contributed by atoms with E-state index in [0.717, 1.165) is 6.54 Å². The van der Waals surface area contributed by atoms with Gasteiger partial charge in [-0.15, -0.1) is 0 Å². The minimum Gasteiger partial charge on any atom is -0.507 e. The molecular formula is C24H32N4O4. The molecule has 0 spiro atoms. The van der Waals surface area contributed by atoms with E-state index in [9.17, 15) is 14.7 Å². The van der Waals surface area contributed by atoms with E-state index in [2.05, 4.69) is 10.2 Å². The Morgan fingerprint density at radius 3 is 2.59 bits per heavy atom. The number of rotatable bonds is 8. The van der Waals surface area contributed by atoms with Gasteiger partial charge in [0.25, 0.3) is 11.7 Å². The second kappa shape index (κ2) is 9.56. The van der Waals surface area contributed by atoms with E-state index in [4.69, 9.17) is 4.74 Å². The smallest absolute Gasteiger partial charge is 0.295 e. The van der Waals surface area contributed by atoms with Crippen LogP contribution in [0, 0.1) is 13.8 Å². The Kier molecular flexibility index (Phi) is 7.03. The van der Waals surface area contributed by atoms with Crippen LogP contribution in [0.15, 0.2) is 29.8 Å². The van der Waals surface area contributed by atoms with Gasteiger partial charge < -0.3 is 19.6 Å². The number of benzene rings is 1. The van der Waals surface area contributed by atoms with Crippen LogP contribution < -0.4 is 4.74 Å². The predicted octanol–water partition coefficient (Wildman–Crippen LogP) is 3.19. The third-order valence-corrected chi connectivity index (χ3v) is 5.45. The van der Waals surface area contributed by atoms with Crippen LogP contribution >= 0.6 is 0 Å². The van der Waals surface area contributed by atoms with Crippen molar-refractivity contribution in [2.75, 3.05) is 27.2 Å². The zero-order chi connectivity index (χ0) is 23.6. The largest absolute Gasteiger partial charge is 0.507 e. The number of aliphatic hydroxyl groups is 1. The van der Waals surface area contributed by atoms with Crippen LogP contribution in [0.3, 0.4) is 0 Å². The molecule has 1 saturated heterocycles. The van der Waals surface area contributed by atoms with Gasteiger partial charge in [0.2, 0.25) is 0 Å². The summed E-state index contributed by atoms with van der Waals surface area (Å²) in [5, 5.41) is 18.2. The number of carbonyl (C=O) groups is 2. The summed E-state index contributed by atoms with van der Waals surface area (Å²) in [7, 11) is 3.92. The number of Topliss-reactive ketones (excluding diaryl/α,β-unsaturated/α-hetero) is 1. The first-order valence-corrected chi connectivity index (χ1v) is 10.8. The van der Waals surface area contributed by atoms with Crippen molar-refractivity contribution < 1.29 is 19.4 Å². The molecule has 1 aliphatic rings.